The number of carboxylic acids is 1. The molecule has 3 fully saturated rings. The van der Waals surface area contributed by atoms with Crippen LogP contribution in [0.1, 0.15) is 47.8 Å². The third-order valence-electron chi connectivity index (χ3n) is 9.82. The van der Waals surface area contributed by atoms with E-state index in [4.69, 9.17) is 4.74 Å². The van der Waals surface area contributed by atoms with Gasteiger partial charge in [0.2, 0.25) is 11.8 Å². The number of ether oxygens (including phenoxy) is 1. The molecule has 2 aliphatic heterocycles. The van der Waals surface area contributed by atoms with E-state index in [1.165, 1.54) is 11.3 Å². The summed E-state index contributed by atoms with van der Waals surface area (Å²) in [6.45, 7) is 5.92. The molecule has 3 heterocycles. The third kappa shape index (κ3) is 4.01. The van der Waals surface area contributed by atoms with Crippen LogP contribution in [0.3, 0.4) is 0 Å². The Morgan fingerprint density at radius 2 is 1.74 bits per heavy atom. The Hall–Kier alpha value is -3.37. The van der Waals surface area contributed by atoms with E-state index in [1.807, 2.05) is 36.4 Å². The molecule has 2 aromatic carbocycles. The lowest BCUT2D eigenvalue weighted by atomic mass is 9.68. The Bertz CT molecular complexity index is 1660. The average molecular weight is 605 g/mol. The fourth-order valence-corrected chi connectivity index (χ4v) is 11.0. The van der Waals surface area contributed by atoms with Crippen LogP contribution in [-0.2, 0) is 21.0 Å². The first-order valence-corrected chi connectivity index (χ1v) is 16.1. The highest BCUT2D eigenvalue weighted by Gasteiger charge is 2.70. The lowest BCUT2D eigenvalue weighted by Gasteiger charge is -2.43. The minimum Gasteiger partial charge on any atom is -0.489 e. The second-order valence-electron chi connectivity index (χ2n) is 12.3. The van der Waals surface area contributed by atoms with Gasteiger partial charge in [0, 0.05) is 21.6 Å². The minimum atomic E-state index is -1.17. The molecule has 3 aromatic rings. The Balaban J connectivity index is 1.29. The van der Waals surface area contributed by atoms with Crippen molar-refractivity contribution in [1.29, 1.82) is 0 Å². The number of carbonyl (C=O) groups excluding carboxylic acids is 2. The van der Waals surface area contributed by atoms with Gasteiger partial charge in [-0.15, -0.1) is 11.8 Å². The molecular weight excluding hydrogens is 572 g/mol. The molecular formula is C32H32N2O6S2. The molecule has 2 saturated carbocycles. The molecule has 42 heavy (non-hydrogen) atoms. The maximum absolute atomic E-state index is 13.9. The Morgan fingerprint density at radius 1 is 1.05 bits per heavy atom. The molecule has 2 N–H and O–H groups in total. The number of aromatic nitrogens is 1. The first kappa shape index (κ1) is 27.5. The quantitative estimate of drug-likeness (QED) is 0.368. The van der Waals surface area contributed by atoms with Gasteiger partial charge in [-0.05, 0) is 54.2 Å². The number of rotatable bonds is 7. The number of nitrogens with one attached hydrogen (secondary N) is 1. The summed E-state index contributed by atoms with van der Waals surface area (Å²) in [7, 11) is 0. The lowest BCUT2D eigenvalue weighted by molar-refractivity contribution is -0.157. The van der Waals surface area contributed by atoms with Gasteiger partial charge in [0.15, 0.2) is 0 Å². The molecule has 4 aliphatic rings. The van der Waals surface area contributed by atoms with E-state index in [9.17, 15) is 24.3 Å². The summed E-state index contributed by atoms with van der Waals surface area (Å²) in [5.74, 6) is -2.91. The molecule has 218 valence electrons. The van der Waals surface area contributed by atoms with Crippen LogP contribution >= 0.6 is 23.1 Å². The van der Waals surface area contributed by atoms with Gasteiger partial charge >= 0.3 is 10.8 Å². The second kappa shape index (κ2) is 10.1. The topological polar surface area (TPSA) is 117 Å². The summed E-state index contributed by atoms with van der Waals surface area (Å²) in [6, 6.07) is 14.9. The number of thiazole rings is 1. The van der Waals surface area contributed by atoms with Gasteiger partial charge in [-0.25, -0.2) is 4.79 Å². The molecule has 10 heteroatoms. The van der Waals surface area contributed by atoms with Crippen LogP contribution in [0.15, 0.2) is 58.4 Å². The van der Waals surface area contributed by atoms with Crippen molar-refractivity contribution in [2.24, 2.45) is 35.5 Å². The van der Waals surface area contributed by atoms with Gasteiger partial charge in [-0.2, -0.15) is 0 Å². The smallest absolute Gasteiger partial charge is 0.327 e. The predicted molar refractivity (Wildman–Crippen MR) is 159 cm³/mol. The number of hydrogen-bond acceptors (Lipinski definition) is 7. The Morgan fingerprint density at radius 3 is 2.45 bits per heavy atom. The number of aryl methyl sites for hydroxylation is 1. The number of benzene rings is 2. The number of fused-ring (bicyclic) bond motifs is 9. The molecule has 0 spiro atoms. The van der Waals surface area contributed by atoms with Crippen molar-refractivity contribution in [1.82, 2.24) is 9.88 Å². The number of aliphatic carboxylic acids is 1. The number of hydrogen-bond donors (Lipinski definition) is 2. The number of H-pyrrole nitrogens is 1. The molecule has 7 rings (SSSR count). The highest BCUT2D eigenvalue weighted by Crippen LogP contribution is 2.69. The molecule has 1 saturated heterocycles. The van der Waals surface area contributed by atoms with E-state index in [-0.39, 0.29) is 45.6 Å². The average Bonchev–Trinajstić information content (AvgIpc) is 3.68. The van der Waals surface area contributed by atoms with E-state index >= 15 is 0 Å². The second-order valence-corrected chi connectivity index (χ2v) is 14.5. The first-order chi connectivity index (χ1) is 20.2. The van der Waals surface area contributed by atoms with Gasteiger partial charge in [-0.1, -0.05) is 67.6 Å². The van der Waals surface area contributed by atoms with Crippen LogP contribution in [0.5, 0.6) is 5.75 Å². The number of imide groups is 1. The van der Waals surface area contributed by atoms with Gasteiger partial charge in [0.25, 0.3) is 0 Å². The summed E-state index contributed by atoms with van der Waals surface area (Å²) in [5.41, 5.74) is 3.21. The van der Waals surface area contributed by atoms with Crippen LogP contribution in [0.2, 0.25) is 0 Å². The molecule has 1 aromatic heterocycles. The third-order valence-corrected chi connectivity index (χ3v) is 12.4. The van der Waals surface area contributed by atoms with E-state index in [0.29, 0.717) is 6.61 Å². The normalized spacial score (nSPS) is 29.9. The number of para-hydroxylation sites is 1. The number of carbonyl (C=O) groups is 3. The fraction of sp³-hybridized carbons (Fsp3) is 0.438. The first-order valence-electron chi connectivity index (χ1n) is 14.4. The number of carboxylic acid groups (broad SMARTS) is 1. The standard InChI is InChI=1S/C32H32N2O6S2/c1-14(2)25(31(37)38)34-29(35)23-18-12-19(24(23)30(34)36)26-22(18)21(27-28(41-26)33-32(39)42-27)17-10-6-7-11-20(17)40-13-16-9-5-4-8-15(16)3/h4-11,14,18-19,21-26H,12-13H2,1-3H3,(H,33,39)(H,37,38)/t18?,19?,21-,22?,23?,24?,25?,26?/m1/s1. The van der Waals surface area contributed by atoms with Crippen molar-refractivity contribution in [3.8, 4) is 5.75 Å². The van der Waals surface area contributed by atoms with Gasteiger partial charge in [-0.3, -0.25) is 19.3 Å². The number of thioether (sulfide) groups is 1. The number of aromatic amines is 1. The molecule has 8 nitrogen and oxygen atoms in total. The van der Waals surface area contributed by atoms with Crippen molar-refractivity contribution in [3.63, 3.8) is 0 Å². The summed E-state index contributed by atoms with van der Waals surface area (Å²) in [5, 5.41) is 10.8. The maximum atomic E-state index is 13.9. The molecule has 2 aliphatic carbocycles. The zero-order valence-corrected chi connectivity index (χ0v) is 25.1. The van der Waals surface area contributed by atoms with Crippen LogP contribution in [0.25, 0.3) is 0 Å². The van der Waals surface area contributed by atoms with Gasteiger partial charge in [0.05, 0.1) is 16.9 Å². The van der Waals surface area contributed by atoms with E-state index in [1.54, 1.807) is 25.6 Å². The van der Waals surface area contributed by atoms with Crippen molar-refractivity contribution >= 4 is 40.9 Å². The van der Waals surface area contributed by atoms with Crippen molar-refractivity contribution in [2.75, 3.05) is 0 Å². The van der Waals surface area contributed by atoms with E-state index in [2.05, 4.69) is 24.0 Å². The Labute approximate surface area is 251 Å². The van der Waals surface area contributed by atoms with Crippen molar-refractivity contribution < 1.29 is 24.2 Å². The molecule has 7 unspecified atom stereocenters. The minimum absolute atomic E-state index is 0.00226. The van der Waals surface area contributed by atoms with Crippen molar-refractivity contribution in [3.05, 3.63) is 79.8 Å². The number of amides is 2. The van der Waals surface area contributed by atoms with E-state index < -0.39 is 29.8 Å². The molecule has 8 atom stereocenters. The highest BCUT2D eigenvalue weighted by molar-refractivity contribution is 8.00. The summed E-state index contributed by atoms with van der Waals surface area (Å²) < 4.78 is 6.45. The maximum Gasteiger partial charge on any atom is 0.327 e. The van der Waals surface area contributed by atoms with Gasteiger partial charge in [0.1, 0.15) is 18.4 Å². The number of nitrogens with zero attached hydrogens (tertiary/aromatic N) is 1. The molecule has 0 radical (unpaired) electrons. The van der Waals surface area contributed by atoms with Crippen molar-refractivity contribution in [2.45, 2.75) is 56.0 Å². The fourth-order valence-electron chi connectivity index (χ4n) is 8.15. The molecule has 2 bridgehead atoms. The zero-order chi connectivity index (χ0) is 29.4. The lowest BCUT2D eigenvalue weighted by Crippen LogP contribution is -2.49. The molecule has 2 amide bonds. The van der Waals surface area contributed by atoms with Crippen LogP contribution < -0.4 is 9.61 Å². The highest BCUT2D eigenvalue weighted by atomic mass is 32.2. The summed E-state index contributed by atoms with van der Waals surface area (Å²) in [6.07, 6.45) is 0.740. The van der Waals surface area contributed by atoms with Gasteiger partial charge < -0.3 is 14.8 Å². The number of likely N-dealkylation sites (tertiary alicyclic amines) is 1. The summed E-state index contributed by atoms with van der Waals surface area (Å²) >= 11 is 2.83. The predicted octanol–water partition coefficient (Wildman–Crippen LogP) is 4.91. The zero-order valence-electron chi connectivity index (χ0n) is 23.5. The Kier molecular flexibility index (Phi) is 6.62. The van der Waals surface area contributed by atoms with Crippen LogP contribution in [0, 0.1) is 42.4 Å². The summed E-state index contributed by atoms with van der Waals surface area (Å²) in [4.78, 5) is 57.5. The van der Waals surface area contributed by atoms with Crippen LogP contribution in [0.4, 0.5) is 0 Å². The SMILES string of the molecule is Cc1ccccc1COc1ccccc1[C@H]1c2sc(=O)[nH]c2SC2C3CC(C4C(=O)N(C(C(=O)O)C(C)C)C(=O)C34)C21. The van der Waals surface area contributed by atoms with Crippen LogP contribution in [-0.4, -0.2) is 44.1 Å². The largest absolute Gasteiger partial charge is 0.489 e. The van der Waals surface area contributed by atoms with E-state index in [0.717, 1.165) is 43.7 Å². The monoisotopic (exact) mass is 604 g/mol.